The largest absolute Gasteiger partial charge is 0.335 e. The Balaban J connectivity index is 1.61. The van der Waals surface area contributed by atoms with Crippen molar-refractivity contribution in [3.05, 3.63) is 68.4 Å². The number of carbonyl (C=O) groups excluding carboxylic acids is 1. The highest BCUT2D eigenvalue weighted by Gasteiger charge is 2.29. The van der Waals surface area contributed by atoms with E-state index in [0.29, 0.717) is 0 Å². The van der Waals surface area contributed by atoms with E-state index in [0.717, 1.165) is 16.9 Å². The van der Waals surface area contributed by atoms with Crippen LogP contribution in [0.2, 0.25) is 0 Å². The minimum absolute atomic E-state index is 0.0920. The smallest absolute Gasteiger partial charge is 0.324 e. The number of nitrogens with zero attached hydrogens (tertiary/aromatic N) is 3. The first-order valence-corrected chi connectivity index (χ1v) is 10.5. The Morgan fingerprint density at radius 3 is 2.33 bits per heavy atom. The quantitative estimate of drug-likeness (QED) is 0.560. The van der Waals surface area contributed by atoms with E-state index in [1.54, 1.807) is 0 Å². The molecular weight excluding hydrogens is 390 g/mol. The molecule has 0 atom stereocenters. The molecule has 0 unspecified atom stereocenters. The lowest BCUT2D eigenvalue weighted by molar-refractivity contribution is -0.380. The van der Waals surface area contributed by atoms with Gasteiger partial charge in [0.05, 0.1) is 9.80 Å². The van der Waals surface area contributed by atoms with E-state index in [-0.39, 0.29) is 42.0 Å². The summed E-state index contributed by atoms with van der Waals surface area (Å²) in [6.45, 7) is 0.840. The van der Waals surface area contributed by atoms with E-state index in [2.05, 4.69) is 0 Å². The van der Waals surface area contributed by atoms with Crippen LogP contribution in [0.4, 0.5) is 5.00 Å². The van der Waals surface area contributed by atoms with Crippen LogP contribution in [0, 0.1) is 10.1 Å². The minimum Gasteiger partial charge on any atom is -0.335 e. The van der Waals surface area contributed by atoms with Gasteiger partial charge < -0.3 is 4.90 Å². The molecule has 8 nitrogen and oxygen atoms in total. The van der Waals surface area contributed by atoms with Crippen molar-refractivity contribution in [2.75, 3.05) is 26.2 Å². The second kappa shape index (κ2) is 7.99. The van der Waals surface area contributed by atoms with Gasteiger partial charge in [0.1, 0.15) is 0 Å². The SMILES string of the molecule is O=C(c1ccc([N+](=O)[O-])s1)N1CCN(S(=O)(=O)/C=C/c2ccccc2)CC1. The van der Waals surface area contributed by atoms with Crippen LogP contribution in [0.5, 0.6) is 0 Å². The van der Waals surface area contributed by atoms with Crippen LogP contribution in [-0.4, -0.2) is 54.6 Å². The summed E-state index contributed by atoms with van der Waals surface area (Å²) in [5, 5.41) is 11.8. The molecule has 0 spiro atoms. The first-order valence-electron chi connectivity index (χ1n) is 8.13. The Morgan fingerprint density at radius 1 is 1.07 bits per heavy atom. The van der Waals surface area contributed by atoms with Gasteiger partial charge in [0.25, 0.3) is 5.91 Å². The molecule has 0 N–H and O–H groups in total. The van der Waals surface area contributed by atoms with Crippen molar-refractivity contribution in [2.24, 2.45) is 0 Å². The summed E-state index contributed by atoms with van der Waals surface area (Å²) < 4.78 is 26.2. The van der Waals surface area contributed by atoms with Crippen LogP contribution >= 0.6 is 11.3 Å². The van der Waals surface area contributed by atoms with Gasteiger partial charge in [-0.1, -0.05) is 41.7 Å². The lowest BCUT2D eigenvalue weighted by atomic mass is 10.2. The zero-order chi connectivity index (χ0) is 19.4. The lowest BCUT2D eigenvalue weighted by Gasteiger charge is -2.33. The predicted octanol–water partition coefficient (Wildman–Crippen LogP) is 2.41. The van der Waals surface area contributed by atoms with Gasteiger partial charge in [-0.15, -0.1) is 0 Å². The molecule has 0 saturated carbocycles. The Morgan fingerprint density at radius 2 is 1.74 bits per heavy atom. The molecule has 0 bridgehead atoms. The number of hydrogen-bond donors (Lipinski definition) is 0. The lowest BCUT2D eigenvalue weighted by Crippen LogP contribution is -2.49. The average molecular weight is 407 g/mol. The van der Waals surface area contributed by atoms with E-state index in [4.69, 9.17) is 0 Å². The molecule has 1 aromatic heterocycles. The van der Waals surface area contributed by atoms with Crippen molar-refractivity contribution in [1.29, 1.82) is 0 Å². The summed E-state index contributed by atoms with van der Waals surface area (Å²) in [6.07, 6.45) is 1.54. The van der Waals surface area contributed by atoms with E-state index >= 15 is 0 Å². The van der Waals surface area contributed by atoms with Gasteiger partial charge in [-0.25, -0.2) is 8.42 Å². The maximum atomic E-state index is 12.4. The molecule has 0 radical (unpaired) electrons. The van der Waals surface area contributed by atoms with Gasteiger partial charge in [0, 0.05) is 37.7 Å². The Kier molecular flexibility index (Phi) is 5.68. The number of sulfonamides is 1. The van der Waals surface area contributed by atoms with Gasteiger partial charge in [-0.05, 0) is 17.7 Å². The molecule has 1 aliphatic rings. The van der Waals surface area contributed by atoms with Crippen LogP contribution in [0.3, 0.4) is 0 Å². The van der Waals surface area contributed by atoms with Crippen LogP contribution in [0.1, 0.15) is 15.2 Å². The topological polar surface area (TPSA) is 101 Å². The van der Waals surface area contributed by atoms with Gasteiger partial charge in [0.15, 0.2) is 0 Å². The van der Waals surface area contributed by atoms with Crippen molar-refractivity contribution >= 4 is 38.3 Å². The maximum Gasteiger partial charge on any atom is 0.324 e. The summed E-state index contributed by atoms with van der Waals surface area (Å²) in [5.74, 6) is -0.315. The second-order valence-corrected chi connectivity index (χ2v) is 8.73. The number of benzene rings is 1. The molecule has 1 saturated heterocycles. The van der Waals surface area contributed by atoms with Crippen molar-refractivity contribution in [1.82, 2.24) is 9.21 Å². The van der Waals surface area contributed by atoms with Crippen molar-refractivity contribution in [3.63, 3.8) is 0 Å². The van der Waals surface area contributed by atoms with Crippen LogP contribution in [-0.2, 0) is 10.0 Å². The van der Waals surface area contributed by atoms with E-state index in [1.807, 2.05) is 30.3 Å². The molecule has 27 heavy (non-hydrogen) atoms. The molecule has 0 aliphatic carbocycles. The molecule has 1 aliphatic heterocycles. The third kappa shape index (κ3) is 4.59. The molecule has 1 fully saturated rings. The van der Waals surface area contributed by atoms with Gasteiger partial charge in [-0.3, -0.25) is 14.9 Å². The van der Waals surface area contributed by atoms with Crippen LogP contribution < -0.4 is 0 Å². The Labute approximate surface area is 160 Å². The molecule has 142 valence electrons. The number of rotatable bonds is 5. The number of thiophene rings is 1. The Bertz CT molecular complexity index is 961. The number of hydrogen-bond acceptors (Lipinski definition) is 6. The monoisotopic (exact) mass is 407 g/mol. The number of nitro groups is 1. The molecule has 1 amide bonds. The van der Waals surface area contributed by atoms with E-state index in [1.165, 1.54) is 32.8 Å². The number of piperazine rings is 1. The molecule has 2 heterocycles. The first kappa shape index (κ1) is 19.2. The van der Waals surface area contributed by atoms with Crippen molar-refractivity contribution < 1.29 is 18.1 Å². The predicted molar refractivity (Wildman–Crippen MR) is 103 cm³/mol. The fourth-order valence-electron chi connectivity index (χ4n) is 2.66. The third-order valence-corrected chi connectivity index (χ3v) is 6.69. The highest BCUT2D eigenvalue weighted by Crippen LogP contribution is 2.25. The highest BCUT2D eigenvalue weighted by atomic mass is 32.2. The standard InChI is InChI=1S/C17H17N3O5S2/c21-17(15-6-7-16(26-15)20(22)23)18-9-11-19(12-10-18)27(24,25)13-8-14-4-2-1-3-5-14/h1-8,13H,9-12H2/b13-8+. The number of carbonyl (C=O) groups is 1. The fourth-order valence-corrected chi connectivity index (χ4v) is 4.62. The molecule has 1 aromatic carbocycles. The fraction of sp³-hybridized carbons (Fsp3) is 0.235. The summed E-state index contributed by atoms with van der Waals surface area (Å²) in [6, 6.07) is 11.8. The van der Waals surface area contributed by atoms with Gasteiger partial charge in [-0.2, -0.15) is 4.31 Å². The van der Waals surface area contributed by atoms with Crippen molar-refractivity contribution in [3.8, 4) is 0 Å². The summed E-state index contributed by atoms with van der Waals surface area (Å²) in [7, 11) is -3.57. The minimum atomic E-state index is -3.57. The molecular formula is C17H17N3O5S2. The highest BCUT2D eigenvalue weighted by molar-refractivity contribution is 7.92. The third-order valence-electron chi connectivity index (χ3n) is 4.10. The van der Waals surface area contributed by atoms with E-state index in [9.17, 15) is 23.3 Å². The average Bonchev–Trinajstić information content (AvgIpc) is 3.17. The van der Waals surface area contributed by atoms with Crippen LogP contribution in [0.25, 0.3) is 6.08 Å². The van der Waals surface area contributed by atoms with E-state index < -0.39 is 14.9 Å². The van der Waals surface area contributed by atoms with Gasteiger partial charge >= 0.3 is 5.00 Å². The first-order chi connectivity index (χ1) is 12.9. The Hall–Kier alpha value is -2.56. The van der Waals surface area contributed by atoms with Gasteiger partial charge in [0.2, 0.25) is 10.0 Å². The number of amides is 1. The van der Waals surface area contributed by atoms with Crippen molar-refractivity contribution in [2.45, 2.75) is 0 Å². The summed E-state index contributed by atoms with van der Waals surface area (Å²) >= 11 is 0.822. The molecule has 3 rings (SSSR count). The normalized spacial score (nSPS) is 15.9. The summed E-state index contributed by atoms with van der Waals surface area (Å²) in [5.41, 5.74) is 0.786. The summed E-state index contributed by atoms with van der Waals surface area (Å²) in [4.78, 5) is 24.4. The zero-order valence-corrected chi connectivity index (χ0v) is 15.9. The molecule has 2 aromatic rings. The second-order valence-electron chi connectivity index (χ2n) is 5.84. The van der Waals surface area contributed by atoms with Crippen LogP contribution in [0.15, 0.2) is 47.9 Å². The maximum absolute atomic E-state index is 12.4. The zero-order valence-electron chi connectivity index (χ0n) is 14.2. The molecule has 10 heteroatoms.